The monoisotopic (exact) mass is 427 g/mol. The van der Waals surface area contributed by atoms with Gasteiger partial charge in [-0.3, -0.25) is 19.3 Å². The summed E-state index contributed by atoms with van der Waals surface area (Å²) in [6.07, 6.45) is 1.05. The molecule has 1 amide bonds. The number of anilines is 1. The molecule has 31 heavy (non-hydrogen) atoms. The first-order valence-electron chi connectivity index (χ1n) is 9.43. The lowest BCUT2D eigenvalue weighted by atomic mass is 10.0. The van der Waals surface area contributed by atoms with Crippen LogP contribution in [-0.4, -0.2) is 43.4 Å². The fraction of sp³-hybridized carbons (Fsp3) is 0.261. The molecule has 8 heteroatoms. The number of hydrogen-bond acceptors (Lipinski definition) is 6. The number of fused-ring (bicyclic) bond motifs is 1. The molecule has 1 aliphatic heterocycles. The molecule has 3 rings (SSSR count). The molecule has 0 spiro atoms. The first-order valence-corrected chi connectivity index (χ1v) is 9.43. The topological polar surface area (TPSA) is 102 Å². The van der Waals surface area contributed by atoms with Crippen molar-refractivity contribution in [3.63, 3.8) is 0 Å². The van der Waals surface area contributed by atoms with Gasteiger partial charge in [-0.15, -0.1) is 0 Å². The number of ether oxygens (including phenoxy) is 3. The van der Waals surface area contributed by atoms with Crippen molar-refractivity contribution in [2.24, 2.45) is 0 Å². The summed E-state index contributed by atoms with van der Waals surface area (Å²) in [7, 11) is 3.15. The lowest BCUT2D eigenvalue weighted by Gasteiger charge is -2.24. The maximum absolute atomic E-state index is 13.1. The van der Waals surface area contributed by atoms with Crippen LogP contribution in [0.25, 0.3) is 11.6 Å². The molecule has 1 N–H and O–H groups in total. The molecular formula is C23H25NO7. The van der Waals surface area contributed by atoms with Crippen molar-refractivity contribution >= 4 is 35.2 Å². The smallest absolute Gasteiger partial charge is 0.304 e. The van der Waals surface area contributed by atoms with E-state index in [-0.39, 0.29) is 5.91 Å². The highest BCUT2D eigenvalue weighted by Gasteiger charge is 2.36. The minimum absolute atomic E-state index is 0.241. The molecule has 164 valence electrons. The fourth-order valence-electron chi connectivity index (χ4n) is 3.17. The molecule has 2 aromatic carbocycles. The number of hydrogen-bond donors (Lipinski definition) is 1. The van der Waals surface area contributed by atoms with Crippen LogP contribution in [0.2, 0.25) is 0 Å². The van der Waals surface area contributed by atoms with Crippen molar-refractivity contribution in [3.05, 3.63) is 53.6 Å². The second kappa shape index (κ2) is 10.3. The molecule has 0 saturated carbocycles. The molecule has 1 heterocycles. The number of methoxy groups -OCH3 is 2. The molecule has 2 aromatic rings. The zero-order valence-electron chi connectivity index (χ0n) is 18.0. The van der Waals surface area contributed by atoms with Crippen molar-refractivity contribution < 1.29 is 33.7 Å². The van der Waals surface area contributed by atoms with E-state index in [1.807, 2.05) is 24.3 Å². The molecule has 0 aromatic heterocycles. The van der Waals surface area contributed by atoms with Crippen molar-refractivity contribution in [1.29, 1.82) is 0 Å². The molecular weight excluding hydrogens is 402 g/mol. The number of benzene rings is 2. The van der Waals surface area contributed by atoms with E-state index >= 15 is 0 Å². The Balaban J connectivity index is 0.000000785. The summed E-state index contributed by atoms with van der Waals surface area (Å²) in [4.78, 5) is 35.0. The molecule has 0 radical (unpaired) electrons. The first kappa shape index (κ1) is 23.5. The van der Waals surface area contributed by atoms with Crippen molar-refractivity contribution in [3.8, 4) is 11.5 Å². The van der Waals surface area contributed by atoms with Gasteiger partial charge in [0.2, 0.25) is 0 Å². The lowest BCUT2D eigenvalue weighted by molar-refractivity contribution is -0.146. The highest BCUT2D eigenvalue weighted by Crippen LogP contribution is 2.40. The molecule has 0 saturated heterocycles. The summed E-state index contributed by atoms with van der Waals surface area (Å²) in [5.74, 6) is -0.235. The van der Waals surface area contributed by atoms with E-state index < -0.39 is 18.2 Å². The van der Waals surface area contributed by atoms with Crippen LogP contribution in [0.3, 0.4) is 0 Å². The highest BCUT2D eigenvalue weighted by molar-refractivity contribution is 6.36. The maximum atomic E-state index is 13.1. The highest BCUT2D eigenvalue weighted by atomic mass is 16.6. The molecule has 0 bridgehead atoms. The van der Waals surface area contributed by atoms with Crippen molar-refractivity contribution in [2.45, 2.75) is 27.0 Å². The third-order valence-corrected chi connectivity index (χ3v) is 4.34. The van der Waals surface area contributed by atoms with Crippen LogP contribution < -0.4 is 14.4 Å². The number of esters is 1. The summed E-state index contributed by atoms with van der Waals surface area (Å²) in [5.41, 5.74) is 2.68. The van der Waals surface area contributed by atoms with Gasteiger partial charge in [0.1, 0.15) is 11.5 Å². The number of carbonyl (C=O) groups is 3. The molecule has 1 unspecified atom stereocenters. The summed E-state index contributed by atoms with van der Waals surface area (Å²) >= 11 is 0. The van der Waals surface area contributed by atoms with E-state index in [0.29, 0.717) is 22.8 Å². The summed E-state index contributed by atoms with van der Waals surface area (Å²) < 4.78 is 15.9. The van der Waals surface area contributed by atoms with Crippen LogP contribution in [-0.2, 0) is 19.1 Å². The average Bonchev–Trinajstić information content (AvgIpc) is 2.98. The van der Waals surface area contributed by atoms with Crippen LogP contribution in [0.15, 0.2) is 42.5 Å². The zero-order valence-corrected chi connectivity index (χ0v) is 18.0. The van der Waals surface area contributed by atoms with E-state index in [9.17, 15) is 9.59 Å². The van der Waals surface area contributed by atoms with E-state index in [1.54, 1.807) is 45.4 Å². The van der Waals surface area contributed by atoms with E-state index in [4.69, 9.17) is 24.1 Å². The van der Waals surface area contributed by atoms with Gasteiger partial charge in [0.15, 0.2) is 6.23 Å². The number of para-hydroxylation sites is 1. The third-order valence-electron chi connectivity index (χ3n) is 4.34. The summed E-state index contributed by atoms with van der Waals surface area (Å²) in [5, 5.41) is 7.42. The van der Waals surface area contributed by atoms with Crippen LogP contribution >= 0.6 is 0 Å². The Morgan fingerprint density at radius 1 is 1.06 bits per heavy atom. The molecule has 0 aliphatic carbocycles. The van der Waals surface area contributed by atoms with Crippen molar-refractivity contribution in [2.75, 3.05) is 19.1 Å². The number of nitrogens with zero attached hydrogens (tertiary/aromatic N) is 1. The predicted molar refractivity (Wildman–Crippen MR) is 116 cm³/mol. The Labute approximate surface area is 180 Å². The van der Waals surface area contributed by atoms with Gasteiger partial charge < -0.3 is 19.3 Å². The number of amides is 1. The predicted octanol–water partition coefficient (Wildman–Crippen LogP) is 3.59. The largest absolute Gasteiger partial charge is 0.497 e. The number of carboxylic acids is 1. The fourth-order valence-corrected chi connectivity index (χ4v) is 3.17. The molecule has 1 aliphatic rings. The van der Waals surface area contributed by atoms with Gasteiger partial charge in [0, 0.05) is 25.0 Å². The number of carboxylic acid groups (broad SMARTS) is 1. The second-order valence-corrected chi connectivity index (χ2v) is 6.59. The Hall–Kier alpha value is -3.81. The van der Waals surface area contributed by atoms with Crippen LogP contribution in [0.4, 0.5) is 5.69 Å². The Kier molecular flexibility index (Phi) is 7.79. The second-order valence-electron chi connectivity index (χ2n) is 6.59. The average molecular weight is 427 g/mol. The Morgan fingerprint density at radius 2 is 1.71 bits per heavy atom. The minimum atomic E-state index is -0.833. The summed E-state index contributed by atoms with van der Waals surface area (Å²) in [6, 6.07) is 12.8. The van der Waals surface area contributed by atoms with E-state index in [2.05, 4.69) is 0 Å². The molecule has 0 fully saturated rings. The number of rotatable bonds is 5. The lowest BCUT2D eigenvalue weighted by Crippen LogP contribution is -2.38. The van der Waals surface area contributed by atoms with Gasteiger partial charge in [0.25, 0.3) is 11.9 Å². The van der Waals surface area contributed by atoms with Gasteiger partial charge in [-0.25, -0.2) is 0 Å². The normalized spacial score (nSPS) is 14.3. The summed E-state index contributed by atoms with van der Waals surface area (Å²) in [6.45, 7) is 4.08. The van der Waals surface area contributed by atoms with Gasteiger partial charge in [-0.05, 0) is 37.3 Å². The van der Waals surface area contributed by atoms with Crippen molar-refractivity contribution in [1.82, 2.24) is 0 Å². The van der Waals surface area contributed by atoms with E-state index in [0.717, 1.165) is 18.1 Å². The van der Waals surface area contributed by atoms with Crippen LogP contribution in [0, 0.1) is 0 Å². The van der Waals surface area contributed by atoms with Gasteiger partial charge in [-0.2, -0.15) is 0 Å². The first-order chi connectivity index (χ1) is 14.7. The minimum Gasteiger partial charge on any atom is -0.497 e. The number of carbonyl (C=O) groups excluding carboxylic acids is 2. The quantitative estimate of drug-likeness (QED) is 0.575. The van der Waals surface area contributed by atoms with Crippen LogP contribution in [0.1, 0.15) is 31.9 Å². The molecule has 1 atom stereocenters. The number of aliphatic carboxylic acids is 1. The Bertz CT molecular complexity index is 1010. The van der Waals surface area contributed by atoms with Gasteiger partial charge in [0.05, 0.1) is 25.5 Å². The standard InChI is InChI=1S/C21H21NO5.C2H4O2/c1-13(27-14(2)23)22-19-8-6-5-7-17(19)18(21(22)24)12-15-11-16(25-3)9-10-20(15)26-4;1-2(3)4/h5-13H,1-4H3;1H3,(H,3,4)/b18-12-;. The Morgan fingerprint density at radius 3 is 2.29 bits per heavy atom. The van der Waals surface area contributed by atoms with Gasteiger partial charge in [-0.1, -0.05) is 18.2 Å². The SMILES string of the molecule is CC(=O)O.COc1ccc(OC)c(/C=C2\C(=O)N(C(C)OC(C)=O)c3ccccc32)c1. The van der Waals surface area contributed by atoms with E-state index in [1.165, 1.54) is 11.8 Å². The van der Waals surface area contributed by atoms with Gasteiger partial charge >= 0.3 is 5.97 Å². The maximum Gasteiger partial charge on any atom is 0.304 e. The zero-order chi connectivity index (χ0) is 23.1. The third kappa shape index (κ3) is 5.63. The van der Waals surface area contributed by atoms with Crippen LogP contribution in [0.5, 0.6) is 11.5 Å². The molecule has 8 nitrogen and oxygen atoms in total.